The molecule has 0 amide bonds. The molecule has 1 aromatic carbocycles. The van der Waals surface area contributed by atoms with Gasteiger partial charge >= 0.3 is 6.18 Å². The second kappa shape index (κ2) is 5.97. The van der Waals surface area contributed by atoms with Gasteiger partial charge in [-0.1, -0.05) is 29.8 Å². The average molecular weight is 301 g/mol. The zero-order valence-corrected chi connectivity index (χ0v) is 12.5. The first-order chi connectivity index (χ1) is 9.70. The van der Waals surface area contributed by atoms with Crippen molar-refractivity contribution < 1.29 is 18.3 Å². The van der Waals surface area contributed by atoms with Crippen LogP contribution in [0.15, 0.2) is 24.3 Å². The highest BCUT2D eigenvalue weighted by Gasteiger charge is 2.54. The van der Waals surface area contributed by atoms with Crippen molar-refractivity contribution in [1.29, 1.82) is 0 Å². The molecule has 0 radical (unpaired) electrons. The number of piperidine rings is 1. The number of hydrogen-bond donors (Lipinski definition) is 1. The van der Waals surface area contributed by atoms with E-state index in [4.69, 9.17) is 0 Å². The minimum absolute atomic E-state index is 0.373. The first-order valence-electron chi connectivity index (χ1n) is 7.27. The summed E-state index contributed by atoms with van der Waals surface area (Å²) in [5.41, 5.74) is -0.219. The summed E-state index contributed by atoms with van der Waals surface area (Å²) in [5.74, 6) is -0.716. The van der Waals surface area contributed by atoms with Crippen molar-refractivity contribution in [2.24, 2.45) is 5.92 Å². The fourth-order valence-electron chi connectivity index (χ4n) is 2.84. The number of aliphatic hydroxyl groups is 1. The Balaban J connectivity index is 1.90. The Morgan fingerprint density at radius 1 is 1.14 bits per heavy atom. The van der Waals surface area contributed by atoms with Gasteiger partial charge in [0.2, 0.25) is 0 Å². The van der Waals surface area contributed by atoms with Crippen molar-refractivity contribution in [3.8, 4) is 0 Å². The summed E-state index contributed by atoms with van der Waals surface area (Å²) in [6.07, 6.45) is -3.81. The van der Waals surface area contributed by atoms with E-state index in [1.807, 2.05) is 31.2 Å². The molecule has 0 saturated carbocycles. The summed E-state index contributed by atoms with van der Waals surface area (Å²) in [4.78, 5) is 2.15. The fourth-order valence-corrected chi connectivity index (χ4v) is 2.84. The molecule has 118 valence electrons. The second-order valence-corrected chi connectivity index (χ2v) is 6.18. The van der Waals surface area contributed by atoms with Crippen molar-refractivity contribution in [3.63, 3.8) is 0 Å². The molecule has 1 aromatic rings. The average Bonchev–Trinajstić information content (AvgIpc) is 2.41. The molecule has 1 saturated heterocycles. The second-order valence-electron chi connectivity index (χ2n) is 6.18. The minimum atomic E-state index is -4.56. The van der Waals surface area contributed by atoms with Crippen LogP contribution in [0.2, 0.25) is 0 Å². The third-order valence-corrected chi connectivity index (χ3v) is 4.48. The molecule has 1 aliphatic heterocycles. The van der Waals surface area contributed by atoms with Gasteiger partial charge in [0.05, 0.1) is 0 Å². The highest BCUT2D eigenvalue weighted by Crippen LogP contribution is 2.40. The van der Waals surface area contributed by atoms with Crippen molar-refractivity contribution in [2.45, 2.75) is 45.0 Å². The van der Waals surface area contributed by atoms with Gasteiger partial charge in [-0.05, 0) is 51.3 Å². The van der Waals surface area contributed by atoms with E-state index >= 15 is 0 Å². The Labute approximate surface area is 123 Å². The Bertz CT molecular complexity index is 459. The lowest BCUT2D eigenvalue weighted by Gasteiger charge is -2.40. The van der Waals surface area contributed by atoms with Crippen LogP contribution >= 0.6 is 0 Å². The zero-order chi connectivity index (χ0) is 15.7. The lowest BCUT2D eigenvalue weighted by Crippen LogP contribution is -2.52. The van der Waals surface area contributed by atoms with Gasteiger partial charge < -0.3 is 5.11 Å². The van der Waals surface area contributed by atoms with E-state index in [1.165, 1.54) is 11.1 Å². The number of rotatable bonds is 3. The molecule has 2 rings (SSSR count). The molecule has 5 heteroatoms. The Morgan fingerprint density at radius 3 is 2.14 bits per heavy atom. The molecule has 1 atom stereocenters. The number of hydrogen-bond acceptors (Lipinski definition) is 2. The lowest BCUT2D eigenvalue weighted by molar-refractivity contribution is -0.275. The molecule has 1 fully saturated rings. The van der Waals surface area contributed by atoms with Crippen LogP contribution < -0.4 is 0 Å². The van der Waals surface area contributed by atoms with E-state index < -0.39 is 17.7 Å². The molecule has 1 heterocycles. The molecule has 1 N–H and O–H groups in total. The molecule has 0 bridgehead atoms. The predicted molar refractivity (Wildman–Crippen MR) is 75.9 cm³/mol. The Morgan fingerprint density at radius 2 is 1.67 bits per heavy atom. The Hall–Kier alpha value is -1.07. The van der Waals surface area contributed by atoms with Crippen LogP contribution in [0, 0.1) is 12.8 Å². The molecule has 21 heavy (non-hydrogen) atoms. The van der Waals surface area contributed by atoms with E-state index in [0.29, 0.717) is 25.9 Å². The number of nitrogens with zero attached hydrogens (tertiary/aromatic N) is 1. The maximum atomic E-state index is 12.8. The van der Waals surface area contributed by atoms with Gasteiger partial charge in [0.1, 0.15) is 0 Å². The first-order valence-corrected chi connectivity index (χ1v) is 7.27. The van der Waals surface area contributed by atoms with Gasteiger partial charge in [-0.2, -0.15) is 13.2 Å². The number of benzene rings is 1. The largest absolute Gasteiger partial charge is 0.417 e. The lowest BCUT2D eigenvalue weighted by atomic mass is 9.81. The third kappa shape index (κ3) is 3.77. The van der Waals surface area contributed by atoms with Crippen LogP contribution in [0.5, 0.6) is 0 Å². The summed E-state index contributed by atoms with van der Waals surface area (Å²) in [6, 6.07) is 8.17. The van der Waals surface area contributed by atoms with Crippen LogP contribution in [0.25, 0.3) is 0 Å². The summed E-state index contributed by atoms with van der Waals surface area (Å²) in [5, 5.41) is 9.74. The Kier molecular flexibility index (Phi) is 4.63. The normalized spacial score (nSPS) is 21.2. The number of aryl methyl sites for hydroxylation is 1. The predicted octanol–water partition coefficient (Wildman–Crippen LogP) is 3.52. The van der Waals surface area contributed by atoms with Gasteiger partial charge in [0.15, 0.2) is 5.60 Å². The topological polar surface area (TPSA) is 23.5 Å². The summed E-state index contributed by atoms with van der Waals surface area (Å²) < 4.78 is 38.5. The fraction of sp³-hybridized carbons (Fsp3) is 0.625. The molecule has 1 unspecified atom stereocenters. The SMILES string of the molecule is Cc1ccc(CN2CCC(C(C)(O)C(F)(F)F)CC2)cc1. The van der Waals surface area contributed by atoms with Crippen LogP contribution in [-0.2, 0) is 6.54 Å². The first kappa shape index (κ1) is 16.3. The monoisotopic (exact) mass is 301 g/mol. The molecule has 0 spiro atoms. The van der Waals surface area contributed by atoms with Crippen molar-refractivity contribution >= 4 is 0 Å². The van der Waals surface area contributed by atoms with Gasteiger partial charge in [0.25, 0.3) is 0 Å². The summed E-state index contributed by atoms with van der Waals surface area (Å²) >= 11 is 0. The number of halogens is 3. The van der Waals surface area contributed by atoms with Crippen molar-refractivity contribution in [2.75, 3.05) is 13.1 Å². The molecule has 0 aromatic heterocycles. The van der Waals surface area contributed by atoms with Crippen LogP contribution in [0.3, 0.4) is 0 Å². The molecular formula is C16H22F3NO. The number of likely N-dealkylation sites (tertiary alicyclic amines) is 1. The highest BCUT2D eigenvalue weighted by atomic mass is 19.4. The van der Waals surface area contributed by atoms with Crippen LogP contribution in [-0.4, -0.2) is 34.9 Å². The van der Waals surface area contributed by atoms with Gasteiger partial charge in [-0.3, -0.25) is 4.90 Å². The molecular weight excluding hydrogens is 279 g/mol. The van der Waals surface area contributed by atoms with E-state index in [9.17, 15) is 18.3 Å². The van der Waals surface area contributed by atoms with E-state index in [0.717, 1.165) is 13.5 Å². The van der Waals surface area contributed by atoms with E-state index in [1.54, 1.807) is 0 Å². The van der Waals surface area contributed by atoms with E-state index in [-0.39, 0.29) is 0 Å². The molecule has 0 aliphatic carbocycles. The van der Waals surface area contributed by atoms with Gasteiger partial charge in [-0.15, -0.1) is 0 Å². The van der Waals surface area contributed by atoms with Gasteiger partial charge in [0, 0.05) is 6.54 Å². The third-order valence-electron chi connectivity index (χ3n) is 4.48. The van der Waals surface area contributed by atoms with Crippen molar-refractivity contribution in [1.82, 2.24) is 4.90 Å². The summed E-state index contributed by atoms with van der Waals surface area (Å²) in [7, 11) is 0. The van der Waals surface area contributed by atoms with Gasteiger partial charge in [-0.25, -0.2) is 0 Å². The summed E-state index contributed by atoms with van der Waals surface area (Å²) in [6.45, 7) is 4.85. The molecule has 1 aliphatic rings. The minimum Gasteiger partial charge on any atom is -0.380 e. The van der Waals surface area contributed by atoms with Crippen molar-refractivity contribution in [3.05, 3.63) is 35.4 Å². The quantitative estimate of drug-likeness (QED) is 0.923. The van der Waals surface area contributed by atoms with Crippen LogP contribution in [0.4, 0.5) is 13.2 Å². The standard InChI is InChI=1S/C16H22F3NO/c1-12-3-5-13(6-4-12)11-20-9-7-14(8-10-20)15(2,21)16(17,18)19/h3-6,14,21H,7-11H2,1-2H3. The molecule has 2 nitrogen and oxygen atoms in total. The van der Waals surface area contributed by atoms with E-state index in [2.05, 4.69) is 4.90 Å². The maximum absolute atomic E-state index is 12.8. The zero-order valence-electron chi connectivity index (χ0n) is 12.5. The van der Waals surface area contributed by atoms with Crippen LogP contribution in [0.1, 0.15) is 30.9 Å². The highest BCUT2D eigenvalue weighted by molar-refractivity contribution is 5.21. The number of alkyl halides is 3. The smallest absolute Gasteiger partial charge is 0.380 e. The maximum Gasteiger partial charge on any atom is 0.417 e.